The van der Waals surface area contributed by atoms with Crippen LogP contribution in [0.25, 0.3) is 0 Å². The van der Waals surface area contributed by atoms with Crippen molar-refractivity contribution in [3.63, 3.8) is 0 Å². The lowest BCUT2D eigenvalue weighted by molar-refractivity contribution is 0.108. The number of methoxy groups -OCH3 is 1. The Balaban J connectivity index is 1.64. The molecule has 1 aliphatic rings. The maximum Gasteiger partial charge on any atom is 0.213 e. The molecule has 1 aliphatic heterocycles. The average molecular weight is 443 g/mol. The summed E-state index contributed by atoms with van der Waals surface area (Å²) < 4.78 is 22.4. The first-order valence-electron chi connectivity index (χ1n) is 11.2. The van der Waals surface area contributed by atoms with Crippen LogP contribution in [0.2, 0.25) is 0 Å². The molecule has 0 aliphatic carbocycles. The number of rotatable bonds is 10. The van der Waals surface area contributed by atoms with Gasteiger partial charge in [0, 0.05) is 44.0 Å². The molecule has 0 fully saturated rings. The highest BCUT2D eigenvalue weighted by Gasteiger charge is 2.11. The standard InChI is InChI=1S/C24H34N4O4/c1-18(2)17-30-12-5-11-25-24(26-16-20-7-4-8-23(27-20)29-3)28-19-9-10-21-22(15-19)32-14-6-13-31-21/h4,7-10,15,18H,5-6,11-14,16-17H2,1-3H3,(H2,25,26,28). The normalized spacial score (nSPS) is 13.6. The highest BCUT2D eigenvalue weighted by molar-refractivity contribution is 5.93. The number of anilines is 1. The first-order chi connectivity index (χ1) is 15.6. The van der Waals surface area contributed by atoms with Crippen molar-refractivity contribution in [1.29, 1.82) is 0 Å². The Hall–Kier alpha value is -3.00. The molecule has 0 bridgehead atoms. The monoisotopic (exact) mass is 442 g/mol. The fourth-order valence-corrected chi connectivity index (χ4v) is 3.04. The third kappa shape index (κ3) is 7.92. The van der Waals surface area contributed by atoms with Crippen LogP contribution >= 0.6 is 0 Å². The minimum atomic E-state index is 0.418. The topological polar surface area (TPSA) is 86.2 Å². The number of aliphatic imine (C=N–C) groups is 1. The molecule has 3 rings (SSSR count). The lowest BCUT2D eigenvalue weighted by Crippen LogP contribution is -2.32. The van der Waals surface area contributed by atoms with Crippen LogP contribution in [0.4, 0.5) is 5.69 Å². The van der Waals surface area contributed by atoms with Gasteiger partial charge in [0.25, 0.3) is 0 Å². The van der Waals surface area contributed by atoms with Gasteiger partial charge in [0.15, 0.2) is 17.5 Å². The zero-order valence-electron chi connectivity index (χ0n) is 19.2. The Morgan fingerprint density at radius 1 is 1.16 bits per heavy atom. The number of benzene rings is 1. The highest BCUT2D eigenvalue weighted by Crippen LogP contribution is 2.32. The molecule has 2 N–H and O–H groups in total. The van der Waals surface area contributed by atoms with Crippen LogP contribution in [0, 0.1) is 5.92 Å². The lowest BCUT2D eigenvalue weighted by Gasteiger charge is -2.15. The van der Waals surface area contributed by atoms with Gasteiger partial charge in [-0.2, -0.15) is 0 Å². The molecule has 2 aromatic rings. The van der Waals surface area contributed by atoms with Crippen LogP contribution in [0.1, 0.15) is 32.4 Å². The molecule has 0 saturated carbocycles. The predicted molar refractivity (Wildman–Crippen MR) is 126 cm³/mol. The molecule has 0 saturated heterocycles. The zero-order valence-corrected chi connectivity index (χ0v) is 19.2. The second-order valence-electron chi connectivity index (χ2n) is 7.92. The van der Waals surface area contributed by atoms with Gasteiger partial charge in [0.05, 0.1) is 32.6 Å². The van der Waals surface area contributed by atoms with E-state index in [1.165, 1.54) is 0 Å². The van der Waals surface area contributed by atoms with Crippen molar-refractivity contribution in [2.45, 2.75) is 33.2 Å². The van der Waals surface area contributed by atoms with Crippen molar-refractivity contribution in [3.8, 4) is 17.4 Å². The van der Waals surface area contributed by atoms with E-state index in [0.29, 0.717) is 44.1 Å². The first-order valence-corrected chi connectivity index (χ1v) is 11.2. The van der Waals surface area contributed by atoms with Crippen LogP contribution in [0.15, 0.2) is 41.4 Å². The van der Waals surface area contributed by atoms with Crippen molar-refractivity contribution in [2.24, 2.45) is 10.9 Å². The van der Waals surface area contributed by atoms with Gasteiger partial charge in [-0.25, -0.2) is 9.98 Å². The largest absolute Gasteiger partial charge is 0.490 e. The smallest absolute Gasteiger partial charge is 0.213 e. The summed E-state index contributed by atoms with van der Waals surface area (Å²) in [7, 11) is 1.61. The van der Waals surface area contributed by atoms with E-state index < -0.39 is 0 Å². The Morgan fingerprint density at radius 3 is 2.81 bits per heavy atom. The van der Waals surface area contributed by atoms with Crippen molar-refractivity contribution >= 4 is 11.6 Å². The van der Waals surface area contributed by atoms with Gasteiger partial charge < -0.3 is 29.6 Å². The summed E-state index contributed by atoms with van der Waals surface area (Å²) >= 11 is 0. The molecule has 0 spiro atoms. The summed E-state index contributed by atoms with van der Waals surface area (Å²) in [4.78, 5) is 9.14. The maximum atomic E-state index is 5.80. The number of pyridine rings is 1. The quantitative estimate of drug-likeness (QED) is 0.328. The summed E-state index contributed by atoms with van der Waals surface area (Å²) in [6, 6.07) is 11.5. The van der Waals surface area contributed by atoms with Gasteiger partial charge in [0.1, 0.15) is 0 Å². The van der Waals surface area contributed by atoms with Crippen molar-refractivity contribution in [1.82, 2.24) is 10.3 Å². The lowest BCUT2D eigenvalue weighted by atomic mass is 10.2. The van der Waals surface area contributed by atoms with Gasteiger partial charge >= 0.3 is 0 Å². The molecular formula is C24H34N4O4. The van der Waals surface area contributed by atoms with Crippen LogP contribution in [0.3, 0.4) is 0 Å². The third-order valence-electron chi connectivity index (χ3n) is 4.61. The summed E-state index contributed by atoms with van der Waals surface area (Å²) in [6.07, 6.45) is 1.75. The number of hydrogen-bond acceptors (Lipinski definition) is 6. The number of guanidine groups is 1. The van der Waals surface area contributed by atoms with E-state index in [0.717, 1.165) is 48.9 Å². The van der Waals surface area contributed by atoms with Gasteiger partial charge in [-0.15, -0.1) is 0 Å². The van der Waals surface area contributed by atoms with Crippen molar-refractivity contribution in [2.75, 3.05) is 45.4 Å². The van der Waals surface area contributed by atoms with Crippen LogP contribution < -0.4 is 24.8 Å². The van der Waals surface area contributed by atoms with E-state index in [1.807, 2.05) is 36.4 Å². The van der Waals surface area contributed by atoms with E-state index in [1.54, 1.807) is 7.11 Å². The maximum absolute atomic E-state index is 5.80. The predicted octanol–water partition coefficient (Wildman–Crippen LogP) is 3.87. The third-order valence-corrected chi connectivity index (χ3v) is 4.61. The molecule has 32 heavy (non-hydrogen) atoms. The summed E-state index contributed by atoms with van der Waals surface area (Å²) in [6.45, 7) is 8.25. The van der Waals surface area contributed by atoms with Crippen molar-refractivity contribution in [3.05, 3.63) is 42.1 Å². The molecule has 1 aromatic carbocycles. The molecule has 8 nitrogen and oxygen atoms in total. The minimum absolute atomic E-state index is 0.418. The van der Waals surface area contributed by atoms with Gasteiger partial charge in [-0.1, -0.05) is 19.9 Å². The molecule has 2 heterocycles. The minimum Gasteiger partial charge on any atom is -0.490 e. The Kier molecular flexibility index (Phi) is 9.43. The summed E-state index contributed by atoms with van der Waals surface area (Å²) in [5, 5.41) is 6.74. The SMILES string of the molecule is COc1cccc(CN=C(NCCCOCC(C)C)Nc2ccc3c(c2)OCCCO3)n1. The summed E-state index contributed by atoms with van der Waals surface area (Å²) in [5.74, 6) is 3.28. The second-order valence-corrected chi connectivity index (χ2v) is 7.92. The fraction of sp³-hybridized carbons (Fsp3) is 0.500. The van der Waals surface area contributed by atoms with Crippen LogP contribution in [-0.4, -0.2) is 51.0 Å². The zero-order chi connectivity index (χ0) is 22.6. The first kappa shape index (κ1) is 23.7. The molecule has 0 atom stereocenters. The van der Waals surface area contributed by atoms with Gasteiger partial charge in [-0.05, 0) is 30.5 Å². The Labute approximate surface area is 190 Å². The van der Waals surface area contributed by atoms with E-state index in [-0.39, 0.29) is 0 Å². The molecule has 8 heteroatoms. The molecule has 0 radical (unpaired) electrons. The second kappa shape index (κ2) is 12.8. The van der Waals surface area contributed by atoms with E-state index in [4.69, 9.17) is 23.9 Å². The summed E-state index contributed by atoms with van der Waals surface area (Å²) in [5.41, 5.74) is 1.69. The number of aromatic nitrogens is 1. The molecular weight excluding hydrogens is 408 g/mol. The number of ether oxygens (including phenoxy) is 4. The molecule has 174 valence electrons. The number of nitrogens with zero attached hydrogens (tertiary/aromatic N) is 2. The highest BCUT2D eigenvalue weighted by atomic mass is 16.5. The average Bonchev–Trinajstić information content (AvgIpc) is 3.04. The number of nitrogens with one attached hydrogen (secondary N) is 2. The van der Waals surface area contributed by atoms with Gasteiger partial charge in [-0.3, -0.25) is 0 Å². The number of fused-ring (bicyclic) bond motifs is 1. The number of hydrogen-bond donors (Lipinski definition) is 2. The molecule has 0 unspecified atom stereocenters. The van der Waals surface area contributed by atoms with Gasteiger partial charge in [0.2, 0.25) is 5.88 Å². The molecule has 0 amide bonds. The molecule has 1 aromatic heterocycles. The fourth-order valence-electron chi connectivity index (χ4n) is 3.04. The van der Waals surface area contributed by atoms with Crippen LogP contribution in [0.5, 0.6) is 17.4 Å². The van der Waals surface area contributed by atoms with E-state index >= 15 is 0 Å². The van der Waals surface area contributed by atoms with Crippen molar-refractivity contribution < 1.29 is 18.9 Å². The Morgan fingerprint density at radius 2 is 2.00 bits per heavy atom. The van der Waals surface area contributed by atoms with Crippen LogP contribution in [-0.2, 0) is 11.3 Å². The Bertz CT molecular complexity index is 873. The van der Waals surface area contributed by atoms with E-state index in [2.05, 4.69) is 29.5 Å². The van der Waals surface area contributed by atoms with E-state index in [9.17, 15) is 0 Å².